The first-order chi connectivity index (χ1) is 9.02. The number of thiocarbonyl (C=S) groups is 1. The third kappa shape index (κ3) is 2.69. The van der Waals surface area contributed by atoms with Gasteiger partial charge in [-0.3, -0.25) is 9.59 Å². The molecule has 0 spiro atoms. The minimum absolute atomic E-state index is 0.0111. The Morgan fingerprint density at radius 1 is 1.42 bits per heavy atom. The van der Waals surface area contributed by atoms with Crippen molar-refractivity contribution in [3.05, 3.63) is 41.2 Å². The number of nitrogens with zero attached hydrogens (tertiary/aromatic N) is 1. The zero-order valence-electron chi connectivity index (χ0n) is 10.1. The highest BCUT2D eigenvalue weighted by atomic mass is 32.1. The number of imide groups is 1. The van der Waals surface area contributed by atoms with Crippen LogP contribution in [0, 0.1) is 0 Å². The second-order valence-electron chi connectivity index (χ2n) is 3.94. The van der Waals surface area contributed by atoms with Crippen molar-refractivity contribution < 1.29 is 19.4 Å². The first-order valence-electron chi connectivity index (χ1n) is 5.51. The smallest absolute Gasteiger partial charge is 0.303 e. The maximum Gasteiger partial charge on any atom is 0.303 e. The summed E-state index contributed by atoms with van der Waals surface area (Å²) in [4.78, 5) is 23.9. The number of amides is 2. The Kier molecular flexibility index (Phi) is 3.73. The monoisotopic (exact) mass is 277 g/mol. The van der Waals surface area contributed by atoms with E-state index in [1.165, 1.54) is 13.0 Å². The van der Waals surface area contributed by atoms with Gasteiger partial charge >= 0.3 is 5.91 Å². The third-order valence-corrected chi connectivity index (χ3v) is 2.83. The van der Waals surface area contributed by atoms with E-state index in [0.29, 0.717) is 5.56 Å². The molecule has 1 aromatic rings. The highest BCUT2D eigenvalue weighted by Gasteiger charge is 2.36. The van der Waals surface area contributed by atoms with E-state index in [4.69, 9.17) is 22.1 Å². The summed E-state index contributed by atoms with van der Waals surface area (Å²) < 4.78 is 5.11. The fourth-order valence-corrected chi connectivity index (χ4v) is 1.91. The van der Waals surface area contributed by atoms with Crippen LogP contribution in [-0.2, 0) is 20.9 Å². The molecule has 2 rings (SSSR count). The van der Waals surface area contributed by atoms with Gasteiger partial charge in [-0.05, 0) is 29.4 Å². The Labute approximate surface area is 115 Å². The number of carbonyl (C=O) groups excluding carboxylic acids is 2. The van der Waals surface area contributed by atoms with Crippen molar-refractivity contribution in [1.82, 2.24) is 4.90 Å². The van der Waals surface area contributed by atoms with Crippen LogP contribution in [0.25, 0.3) is 6.08 Å². The zero-order chi connectivity index (χ0) is 14.0. The largest absolute Gasteiger partial charge is 0.425 e. The number of hydrogen-bond acceptors (Lipinski definition) is 5. The lowest BCUT2D eigenvalue weighted by Crippen LogP contribution is -2.32. The van der Waals surface area contributed by atoms with Crippen molar-refractivity contribution in [2.24, 2.45) is 0 Å². The molecule has 1 saturated heterocycles. The maximum atomic E-state index is 11.9. The average molecular weight is 277 g/mol. The van der Waals surface area contributed by atoms with E-state index in [9.17, 15) is 9.59 Å². The average Bonchev–Trinajstić information content (AvgIpc) is 2.65. The molecule has 2 amide bonds. The number of aliphatic hydroxyl groups excluding tert-OH is 1. The minimum Gasteiger partial charge on any atom is -0.425 e. The maximum absolute atomic E-state index is 11.9. The van der Waals surface area contributed by atoms with Gasteiger partial charge in [-0.25, -0.2) is 4.90 Å². The summed E-state index contributed by atoms with van der Waals surface area (Å²) in [7, 11) is 0. The molecule has 5 nitrogen and oxygen atoms in total. The fourth-order valence-electron chi connectivity index (χ4n) is 1.61. The molecular weight excluding hydrogens is 266 g/mol. The summed E-state index contributed by atoms with van der Waals surface area (Å²) in [5.74, 6) is -1.03. The van der Waals surface area contributed by atoms with E-state index in [-0.39, 0.29) is 17.5 Å². The Morgan fingerprint density at radius 3 is 2.53 bits per heavy atom. The number of rotatable bonds is 2. The second-order valence-corrected chi connectivity index (χ2v) is 4.29. The van der Waals surface area contributed by atoms with Gasteiger partial charge in [0.25, 0.3) is 5.17 Å². The van der Waals surface area contributed by atoms with Gasteiger partial charge in [0.2, 0.25) is 5.91 Å². The van der Waals surface area contributed by atoms with Gasteiger partial charge in [0.05, 0.1) is 6.61 Å². The van der Waals surface area contributed by atoms with E-state index in [0.717, 1.165) is 10.5 Å². The van der Waals surface area contributed by atoms with Crippen LogP contribution in [0.4, 0.5) is 0 Å². The lowest BCUT2D eigenvalue weighted by Gasteiger charge is -2.04. The standard InChI is InChI=1S/C13H11NO4S/c1-8(16)14-12(17)11(18-13(14)19)6-9-2-4-10(7-15)5-3-9/h2-6,15H,7H2,1H3/b11-6+. The molecular formula is C13H11NO4S. The van der Waals surface area contributed by atoms with Crippen LogP contribution in [-0.4, -0.2) is 27.0 Å². The number of hydrogen-bond donors (Lipinski definition) is 1. The predicted molar refractivity (Wildman–Crippen MR) is 71.6 cm³/mol. The van der Waals surface area contributed by atoms with Crippen molar-refractivity contribution >= 4 is 35.3 Å². The van der Waals surface area contributed by atoms with Crippen LogP contribution >= 0.6 is 12.2 Å². The Hall–Kier alpha value is -2.05. The van der Waals surface area contributed by atoms with Crippen molar-refractivity contribution in [2.75, 3.05) is 0 Å². The van der Waals surface area contributed by atoms with Gasteiger partial charge in [0.1, 0.15) is 0 Å². The van der Waals surface area contributed by atoms with Crippen LogP contribution in [0.15, 0.2) is 30.0 Å². The van der Waals surface area contributed by atoms with Crippen LogP contribution in [0.2, 0.25) is 0 Å². The van der Waals surface area contributed by atoms with Gasteiger partial charge in [0.15, 0.2) is 5.76 Å². The molecule has 1 aliphatic rings. The highest BCUT2D eigenvalue weighted by molar-refractivity contribution is 7.80. The van der Waals surface area contributed by atoms with Gasteiger partial charge in [-0.1, -0.05) is 24.3 Å². The van der Waals surface area contributed by atoms with E-state index >= 15 is 0 Å². The van der Waals surface area contributed by atoms with E-state index in [1.807, 2.05) is 0 Å². The molecule has 1 aliphatic heterocycles. The van der Waals surface area contributed by atoms with Gasteiger partial charge in [0, 0.05) is 6.92 Å². The van der Waals surface area contributed by atoms with Crippen LogP contribution in [0.3, 0.4) is 0 Å². The normalized spacial score (nSPS) is 16.9. The highest BCUT2D eigenvalue weighted by Crippen LogP contribution is 2.20. The topological polar surface area (TPSA) is 66.8 Å². The number of ether oxygens (including phenoxy) is 1. The molecule has 0 aliphatic carbocycles. The molecule has 19 heavy (non-hydrogen) atoms. The van der Waals surface area contributed by atoms with E-state index in [1.54, 1.807) is 24.3 Å². The minimum atomic E-state index is -0.566. The lowest BCUT2D eigenvalue weighted by molar-refractivity contribution is -0.135. The summed E-state index contributed by atoms with van der Waals surface area (Å²) in [6, 6.07) is 6.92. The van der Waals surface area contributed by atoms with Gasteiger partial charge in [-0.15, -0.1) is 0 Å². The molecule has 6 heteroatoms. The number of benzene rings is 1. The first-order valence-corrected chi connectivity index (χ1v) is 5.92. The molecule has 0 bridgehead atoms. The van der Waals surface area contributed by atoms with Gasteiger partial charge < -0.3 is 9.84 Å². The molecule has 1 heterocycles. The summed E-state index contributed by atoms with van der Waals surface area (Å²) in [6.07, 6.45) is 1.50. The first kappa shape index (κ1) is 13.4. The summed E-state index contributed by atoms with van der Waals surface area (Å²) >= 11 is 4.81. The third-order valence-electron chi connectivity index (χ3n) is 2.57. The molecule has 1 aromatic carbocycles. The van der Waals surface area contributed by atoms with Crippen molar-refractivity contribution in [1.29, 1.82) is 0 Å². The Morgan fingerprint density at radius 2 is 2.05 bits per heavy atom. The van der Waals surface area contributed by atoms with Gasteiger partial charge in [-0.2, -0.15) is 0 Å². The summed E-state index contributed by atoms with van der Waals surface area (Å²) in [5, 5.41) is 8.77. The van der Waals surface area contributed by atoms with Crippen molar-refractivity contribution in [3.63, 3.8) is 0 Å². The summed E-state index contributed by atoms with van der Waals surface area (Å²) in [5.41, 5.74) is 1.48. The second kappa shape index (κ2) is 5.29. The number of aliphatic hydroxyl groups is 1. The van der Waals surface area contributed by atoms with E-state index < -0.39 is 11.8 Å². The molecule has 0 atom stereocenters. The molecule has 98 valence electrons. The molecule has 0 radical (unpaired) electrons. The molecule has 1 N–H and O–H groups in total. The predicted octanol–water partition coefficient (Wildman–Crippen LogP) is 1.21. The molecule has 1 fully saturated rings. The SMILES string of the molecule is CC(=O)N1C(=O)/C(=C\c2ccc(CO)cc2)OC1=S. The zero-order valence-corrected chi connectivity index (χ0v) is 10.9. The lowest BCUT2D eigenvalue weighted by atomic mass is 10.1. The summed E-state index contributed by atoms with van der Waals surface area (Å²) in [6.45, 7) is 1.20. The Balaban J connectivity index is 2.27. The van der Waals surface area contributed by atoms with Crippen molar-refractivity contribution in [3.8, 4) is 0 Å². The molecule has 0 aromatic heterocycles. The van der Waals surface area contributed by atoms with Crippen molar-refractivity contribution in [2.45, 2.75) is 13.5 Å². The van der Waals surface area contributed by atoms with Crippen LogP contribution in [0.1, 0.15) is 18.1 Å². The van der Waals surface area contributed by atoms with E-state index in [2.05, 4.69) is 0 Å². The van der Waals surface area contributed by atoms with Crippen LogP contribution < -0.4 is 0 Å². The quantitative estimate of drug-likeness (QED) is 0.650. The molecule has 0 unspecified atom stereocenters. The molecule has 0 saturated carbocycles. The Bertz CT molecular complexity index is 577. The fraction of sp³-hybridized carbons (Fsp3) is 0.154. The number of carbonyl (C=O) groups is 2. The van der Waals surface area contributed by atoms with Crippen LogP contribution in [0.5, 0.6) is 0 Å².